The van der Waals surface area contributed by atoms with Gasteiger partial charge in [0.05, 0.1) is 22.4 Å². The number of halogens is 2. The van der Waals surface area contributed by atoms with Gasteiger partial charge in [-0.05, 0) is 115 Å². The number of carboxylic acid groups (broad SMARTS) is 1. The fourth-order valence-electron chi connectivity index (χ4n) is 7.69. The number of aliphatic hydroxyl groups is 2. The Morgan fingerprint density at radius 3 is 1.68 bits per heavy atom. The fraction of sp³-hybridized carbons (Fsp3) is 0.511. The van der Waals surface area contributed by atoms with Gasteiger partial charge >= 0.3 is 5.97 Å². The van der Waals surface area contributed by atoms with Crippen LogP contribution in [-0.2, 0) is 11.2 Å². The fourth-order valence-corrected chi connectivity index (χ4v) is 7.69. The first-order valence-corrected chi connectivity index (χ1v) is 23.0. The number of tetrazole rings is 2. The van der Waals surface area contributed by atoms with Crippen LogP contribution in [0.5, 0.6) is 0 Å². The summed E-state index contributed by atoms with van der Waals surface area (Å²) < 4.78 is 11.7. The first-order chi connectivity index (χ1) is 31.5. The average molecular weight is 952 g/mol. The molecule has 356 valence electrons. The molecule has 21 heteroatoms. The number of aromatic nitrogens is 10. The molecule has 0 aliphatic carbocycles. The lowest BCUT2D eigenvalue weighted by atomic mass is 9.92. The number of rotatable bonds is 10. The van der Waals surface area contributed by atoms with Crippen molar-refractivity contribution in [2.45, 2.75) is 129 Å². The number of hydrogen-bond donors (Lipinski definition) is 4. The molecule has 19 nitrogen and oxygen atoms in total. The lowest BCUT2D eigenvalue weighted by molar-refractivity contribution is 0.0470. The maximum atomic E-state index is 13.5. The van der Waals surface area contributed by atoms with Crippen molar-refractivity contribution < 1.29 is 33.7 Å². The summed E-state index contributed by atoms with van der Waals surface area (Å²) in [6, 6.07) is 14.4. The van der Waals surface area contributed by atoms with E-state index in [1.165, 1.54) is 28.3 Å². The van der Waals surface area contributed by atoms with Crippen LogP contribution in [-0.4, -0.2) is 113 Å². The number of alkyl halides is 2. The van der Waals surface area contributed by atoms with Crippen molar-refractivity contribution in [3.8, 4) is 11.4 Å². The standard InChI is InChI=1S/C22H28N6O3.C14H24N2O2.C8H6N4O2.CH2Cl2/c1-5-22(4,30)19-15(3)31-20(25-19)16-11-10-14(2)27(12-16)21(29)17-8-6-7-9-18(17)28-24-13-23-26-28;1-5-14(4,17)12-10(3)18-13(16-12)11-7-6-9(2)15-8-11;13-8(14)6-3-1-2-4-7(6)12-10-5-9-11-12;2-1-3/h6-9,13-14,16,30H,5,10-12H2,1-4H3;9,11,15,17H,5-8H2,1-4H3;1-5H,(H,13,14);1H2/t14-,16?,22-;9-,11?,14-;;/m11../s1. The minimum absolute atomic E-state index is 0.0306. The predicted octanol–water partition coefficient (Wildman–Crippen LogP) is 7.22. The molecular weight excluding hydrogens is 891 g/mol. The van der Waals surface area contributed by atoms with Crippen LogP contribution in [0.25, 0.3) is 11.4 Å². The third-order valence-corrected chi connectivity index (χ3v) is 11.9. The molecule has 2 aliphatic heterocycles. The molecule has 2 saturated heterocycles. The van der Waals surface area contributed by atoms with Crippen molar-refractivity contribution in [3.05, 3.63) is 107 Å². The third kappa shape index (κ3) is 12.6. The molecule has 4 N–H and O–H groups in total. The van der Waals surface area contributed by atoms with E-state index in [-0.39, 0.29) is 28.8 Å². The Balaban J connectivity index is 0.000000197. The Bertz CT molecular complexity index is 2450. The van der Waals surface area contributed by atoms with E-state index in [1.54, 1.807) is 44.2 Å². The number of aromatic carboxylic acids is 1. The molecule has 0 spiro atoms. The molecule has 2 unspecified atom stereocenters. The Morgan fingerprint density at radius 1 is 0.758 bits per heavy atom. The second-order valence-corrected chi connectivity index (χ2v) is 17.5. The Labute approximate surface area is 393 Å². The summed E-state index contributed by atoms with van der Waals surface area (Å²) in [6.07, 6.45) is 7.71. The highest BCUT2D eigenvalue weighted by atomic mass is 35.5. The number of aryl methyl sites for hydroxylation is 2. The maximum Gasteiger partial charge on any atom is 0.337 e. The first-order valence-electron chi connectivity index (χ1n) is 21.9. The van der Waals surface area contributed by atoms with Gasteiger partial charge < -0.3 is 34.4 Å². The minimum atomic E-state index is -1.03. The van der Waals surface area contributed by atoms with Gasteiger partial charge in [0.1, 0.15) is 45.5 Å². The zero-order valence-electron chi connectivity index (χ0n) is 38.6. The van der Waals surface area contributed by atoms with E-state index >= 15 is 0 Å². The van der Waals surface area contributed by atoms with E-state index in [4.69, 9.17) is 37.1 Å². The van der Waals surface area contributed by atoms with Crippen molar-refractivity contribution in [2.75, 3.05) is 18.4 Å². The van der Waals surface area contributed by atoms with Gasteiger partial charge in [-0.25, -0.2) is 14.8 Å². The smallest absolute Gasteiger partial charge is 0.337 e. The van der Waals surface area contributed by atoms with Crippen LogP contribution < -0.4 is 5.32 Å². The van der Waals surface area contributed by atoms with Crippen molar-refractivity contribution >= 4 is 35.1 Å². The van der Waals surface area contributed by atoms with E-state index in [1.807, 2.05) is 44.7 Å². The predicted molar refractivity (Wildman–Crippen MR) is 246 cm³/mol. The molecule has 4 aromatic heterocycles. The lowest BCUT2D eigenvalue weighted by Gasteiger charge is -2.37. The molecule has 6 heterocycles. The van der Waals surface area contributed by atoms with Crippen LogP contribution in [0.1, 0.15) is 147 Å². The topological polar surface area (TPSA) is 249 Å². The molecule has 6 atom stereocenters. The van der Waals surface area contributed by atoms with E-state index in [0.717, 1.165) is 43.9 Å². The van der Waals surface area contributed by atoms with Gasteiger partial charge in [0.2, 0.25) is 0 Å². The summed E-state index contributed by atoms with van der Waals surface area (Å²) >= 11 is 9.53. The maximum absolute atomic E-state index is 13.5. The van der Waals surface area contributed by atoms with Gasteiger partial charge in [0.15, 0.2) is 24.4 Å². The monoisotopic (exact) mass is 950 g/mol. The highest BCUT2D eigenvalue weighted by Crippen LogP contribution is 2.35. The van der Waals surface area contributed by atoms with Gasteiger partial charge in [-0.15, -0.1) is 53.2 Å². The van der Waals surface area contributed by atoms with Gasteiger partial charge in [-0.1, -0.05) is 38.1 Å². The van der Waals surface area contributed by atoms with Gasteiger partial charge in [0, 0.05) is 31.1 Å². The molecule has 0 saturated carbocycles. The number of amides is 1. The molecule has 2 aromatic carbocycles. The summed E-state index contributed by atoms with van der Waals surface area (Å²) in [5, 5.41) is 56.1. The normalized spacial score (nSPS) is 20.0. The van der Waals surface area contributed by atoms with E-state index in [9.17, 15) is 19.8 Å². The number of carbonyl (C=O) groups excluding carboxylic acids is 1. The van der Waals surface area contributed by atoms with E-state index in [0.29, 0.717) is 71.3 Å². The van der Waals surface area contributed by atoms with Crippen LogP contribution in [0, 0.1) is 13.8 Å². The third-order valence-electron chi connectivity index (χ3n) is 11.9. The average Bonchev–Trinajstić information content (AvgIpc) is 4.17. The van der Waals surface area contributed by atoms with Crippen LogP contribution in [0.2, 0.25) is 0 Å². The molecule has 66 heavy (non-hydrogen) atoms. The molecule has 6 aromatic rings. The van der Waals surface area contributed by atoms with Crippen LogP contribution in [0.15, 0.2) is 70.0 Å². The highest BCUT2D eigenvalue weighted by molar-refractivity contribution is 6.40. The highest BCUT2D eigenvalue weighted by Gasteiger charge is 2.36. The number of para-hydroxylation sites is 2. The molecule has 1 amide bonds. The van der Waals surface area contributed by atoms with Gasteiger partial charge in [-0.2, -0.15) is 0 Å². The number of benzene rings is 2. The number of piperidine rings is 2. The summed E-state index contributed by atoms with van der Waals surface area (Å²) in [7, 11) is 0. The number of nitrogens with zero attached hydrogens (tertiary/aromatic N) is 11. The zero-order valence-corrected chi connectivity index (χ0v) is 40.1. The SMILES string of the molecule is CC[C@@](C)(O)c1nc(C2CC[C@@H](C)N(C(=O)c3ccccc3-n3ncnn3)C2)oc1C.CC[C@@](C)(O)c1nc(C2CC[C@@H](C)NC2)oc1C.ClCCl.O=C(O)c1ccccc1-n1ncnn1. The number of oxazole rings is 2. The number of carboxylic acids is 1. The second-order valence-electron chi connectivity index (χ2n) is 16.7. The lowest BCUT2D eigenvalue weighted by Crippen LogP contribution is -2.45. The molecule has 2 fully saturated rings. The van der Waals surface area contributed by atoms with Crippen molar-refractivity contribution in [3.63, 3.8) is 0 Å². The van der Waals surface area contributed by atoms with Crippen molar-refractivity contribution in [2.24, 2.45) is 0 Å². The van der Waals surface area contributed by atoms with Gasteiger partial charge in [-0.3, -0.25) is 4.79 Å². The quantitative estimate of drug-likeness (QED) is 0.0989. The Morgan fingerprint density at radius 2 is 1.23 bits per heavy atom. The number of carbonyl (C=O) groups is 2. The molecule has 0 radical (unpaired) electrons. The largest absolute Gasteiger partial charge is 0.478 e. The van der Waals surface area contributed by atoms with E-state index < -0.39 is 17.2 Å². The molecule has 8 rings (SSSR count). The minimum Gasteiger partial charge on any atom is -0.478 e. The molecule has 0 bridgehead atoms. The summed E-state index contributed by atoms with van der Waals surface area (Å²) in [5.41, 5.74) is 0.998. The summed E-state index contributed by atoms with van der Waals surface area (Å²) in [4.78, 5) is 37.9. The summed E-state index contributed by atoms with van der Waals surface area (Å²) in [5.74, 6) is 1.93. The van der Waals surface area contributed by atoms with Gasteiger partial charge in [0.25, 0.3) is 5.91 Å². The first kappa shape index (κ1) is 51.4. The van der Waals surface area contributed by atoms with E-state index in [2.05, 4.69) is 60.0 Å². The zero-order chi connectivity index (χ0) is 48.2. The Hall–Kier alpha value is -5.60. The van der Waals surface area contributed by atoms with Crippen LogP contribution in [0.3, 0.4) is 0 Å². The van der Waals surface area contributed by atoms with Crippen molar-refractivity contribution in [1.82, 2.24) is 60.6 Å². The number of hydrogen-bond acceptors (Lipinski definition) is 15. The summed E-state index contributed by atoms with van der Waals surface area (Å²) in [6.45, 7) is 16.8. The molecule has 2 aliphatic rings. The Kier molecular flexibility index (Phi) is 18.1. The molecular formula is C45H60Cl2N12O7. The van der Waals surface area contributed by atoms with Crippen LogP contribution >= 0.6 is 23.2 Å². The number of nitrogens with one attached hydrogen (secondary N) is 1. The number of likely N-dealkylation sites (tertiary alicyclic amines) is 1. The van der Waals surface area contributed by atoms with Crippen LogP contribution in [0.4, 0.5) is 0 Å². The van der Waals surface area contributed by atoms with Crippen molar-refractivity contribution in [1.29, 1.82) is 0 Å². The second kappa shape index (κ2) is 23.2.